The highest BCUT2D eigenvalue weighted by Gasteiger charge is 2.13. The molecule has 0 spiro atoms. The summed E-state index contributed by atoms with van der Waals surface area (Å²) in [6, 6.07) is 6.34. The second-order valence-corrected chi connectivity index (χ2v) is 5.23. The van der Waals surface area contributed by atoms with Crippen molar-refractivity contribution in [1.82, 2.24) is 4.98 Å². The van der Waals surface area contributed by atoms with Crippen molar-refractivity contribution in [2.24, 2.45) is 5.73 Å². The molecule has 19 heavy (non-hydrogen) atoms. The minimum atomic E-state index is 0.470. The van der Waals surface area contributed by atoms with Crippen LogP contribution in [0.3, 0.4) is 0 Å². The van der Waals surface area contributed by atoms with Gasteiger partial charge >= 0.3 is 0 Å². The highest BCUT2D eigenvalue weighted by atomic mass is 15.1. The van der Waals surface area contributed by atoms with E-state index in [1.165, 1.54) is 16.8 Å². The van der Waals surface area contributed by atoms with Crippen LogP contribution in [0, 0.1) is 6.92 Å². The van der Waals surface area contributed by atoms with Crippen molar-refractivity contribution in [2.45, 2.75) is 13.5 Å². The predicted molar refractivity (Wildman–Crippen MR) is 83.0 cm³/mol. The molecule has 0 aliphatic heterocycles. The van der Waals surface area contributed by atoms with Crippen LogP contribution in [0.2, 0.25) is 0 Å². The fourth-order valence-corrected chi connectivity index (χ4v) is 2.43. The molecule has 2 N–H and O–H groups in total. The van der Waals surface area contributed by atoms with Crippen molar-refractivity contribution < 1.29 is 0 Å². The number of nitrogens with two attached hydrogens (primary N) is 1. The number of aromatic nitrogens is 1. The van der Waals surface area contributed by atoms with Crippen molar-refractivity contribution in [3.05, 3.63) is 29.5 Å². The maximum atomic E-state index is 5.80. The zero-order valence-electron chi connectivity index (χ0n) is 12.4. The van der Waals surface area contributed by atoms with Gasteiger partial charge in [-0.1, -0.05) is 0 Å². The lowest BCUT2D eigenvalue weighted by Crippen LogP contribution is -2.15. The molecule has 0 aliphatic rings. The molecule has 0 fully saturated rings. The first-order valence-electron chi connectivity index (χ1n) is 6.43. The molecule has 0 atom stereocenters. The first kappa shape index (κ1) is 13.6. The molecule has 0 radical (unpaired) electrons. The Kier molecular flexibility index (Phi) is 3.62. The number of hydrogen-bond acceptors (Lipinski definition) is 4. The molecule has 1 aromatic heterocycles. The lowest BCUT2D eigenvalue weighted by atomic mass is 10.0. The van der Waals surface area contributed by atoms with Gasteiger partial charge in [0.25, 0.3) is 0 Å². The van der Waals surface area contributed by atoms with E-state index in [4.69, 9.17) is 5.73 Å². The lowest BCUT2D eigenvalue weighted by Gasteiger charge is -2.22. The van der Waals surface area contributed by atoms with Gasteiger partial charge in [-0.25, -0.2) is 0 Å². The highest BCUT2D eigenvalue weighted by Crippen LogP contribution is 2.32. The van der Waals surface area contributed by atoms with E-state index in [0.717, 1.165) is 16.8 Å². The van der Waals surface area contributed by atoms with Gasteiger partial charge in [-0.05, 0) is 30.7 Å². The first-order valence-corrected chi connectivity index (χ1v) is 6.43. The van der Waals surface area contributed by atoms with Crippen LogP contribution in [0.1, 0.15) is 11.3 Å². The summed E-state index contributed by atoms with van der Waals surface area (Å²) in [6.07, 6.45) is 0. The predicted octanol–water partition coefficient (Wildman–Crippen LogP) is 2.13. The molecule has 0 amide bonds. The Bertz CT molecular complexity index is 603. The number of nitrogens with zero attached hydrogens (tertiary/aromatic N) is 3. The molecule has 0 aliphatic carbocycles. The summed E-state index contributed by atoms with van der Waals surface area (Å²) >= 11 is 0. The maximum absolute atomic E-state index is 5.80. The number of pyridine rings is 1. The van der Waals surface area contributed by atoms with E-state index in [2.05, 4.69) is 54.0 Å². The SMILES string of the molecule is Cc1c(CN)nc2ccc(N(C)C)cc2c1N(C)C. The van der Waals surface area contributed by atoms with Gasteiger partial charge in [-0.15, -0.1) is 0 Å². The molecular weight excluding hydrogens is 236 g/mol. The van der Waals surface area contributed by atoms with Gasteiger partial charge in [0, 0.05) is 45.8 Å². The van der Waals surface area contributed by atoms with Crippen molar-refractivity contribution in [1.29, 1.82) is 0 Å². The van der Waals surface area contributed by atoms with Crippen LogP contribution in [0.4, 0.5) is 11.4 Å². The third-order valence-corrected chi connectivity index (χ3v) is 3.44. The molecule has 1 aromatic carbocycles. The average Bonchev–Trinajstić information content (AvgIpc) is 2.36. The van der Waals surface area contributed by atoms with Gasteiger partial charge in [0.15, 0.2) is 0 Å². The van der Waals surface area contributed by atoms with E-state index >= 15 is 0 Å². The van der Waals surface area contributed by atoms with E-state index in [9.17, 15) is 0 Å². The Balaban J connectivity index is 2.81. The minimum Gasteiger partial charge on any atom is -0.378 e. The van der Waals surface area contributed by atoms with E-state index in [1.807, 2.05) is 14.1 Å². The zero-order chi connectivity index (χ0) is 14.2. The Morgan fingerprint density at radius 1 is 1.11 bits per heavy atom. The number of anilines is 2. The number of benzene rings is 1. The fraction of sp³-hybridized carbons (Fsp3) is 0.400. The Labute approximate surface area is 114 Å². The first-order chi connectivity index (χ1) is 8.95. The standard InChI is InChI=1S/C15H22N4/c1-10-14(9-16)17-13-7-6-11(18(2)3)8-12(13)15(10)19(4)5/h6-8H,9,16H2,1-5H3. The largest absolute Gasteiger partial charge is 0.378 e. The molecule has 0 unspecified atom stereocenters. The number of hydrogen-bond donors (Lipinski definition) is 1. The molecule has 0 bridgehead atoms. The third kappa shape index (κ3) is 2.36. The minimum absolute atomic E-state index is 0.470. The molecule has 2 aromatic rings. The van der Waals surface area contributed by atoms with Crippen LogP contribution >= 0.6 is 0 Å². The molecule has 1 heterocycles. The summed E-state index contributed by atoms with van der Waals surface area (Å²) in [5.74, 6) is 0. The molecule has 2 rings (SSSR count). The second kappa shape index (κ2) is 5.05. The Morgan fingerprint density at radius 3 is 2.32 bits per heavy atom. The molecule has 4 nitrogen and oxygen atoms in total. The van der Waals surface area contributed by atoms with Crippen LogP contribution < -0.4 is 15.5 Å². The van der Waals surface area contributed by atoms with Crippen LogP contribution in [-0.4, -0.2) is 33.2 Å². The third-order valence-electron chi connectivity index (χ3n) is 3.44. The van der Waals surface area contributed by atoms with Crippen molar-refractivity contribution in [3.63, 3.8) is 0 Å². The maximum Gasteiger partial charge on any atom is 0.0728 e. The van der Waals surface area contributed by atoms with Gasteiger partial charge in [-0.3, -0.25) is 4.98 Å². The van der Waals surface area contributed by atoms with Gasteiger partial charge in [0.1, 0.15) is 0 Å². The van der Waals surface area contributed by atoms with Gasteiger partial charge in [0.2, 0.25) is 0 Å². The van der Waals surface area contributed by atoms with Crippen LogP contribution in [0.25, 0.3) is 10.9 Å². The van der Waals surface area contributed by atoms with E-state index in [1.54, 1.807) is 0 Å². The fourth-order valence-electron chi connectivity index (χ4n) is 2.43. The number of fused-ring (bicyclic) bond motifs is 1. The van der Waals surface area contributed by atoms with E-state index < -0.39 is 0 Å². The van der Waals surface area contributed by atoms with E-state index in [-0.39, 0.29) is 0 Å². The summed E-state index contributed by atoms with van der Waals surface area (Å²) in [5.41, 5.74) is 11.3. The quantitative estimate of drug-likeness (QED) is 0.916. The topological polar surface area (TPSA) is 45.4 Å². The molecule has 0 saturated carbocycles. The number of rotatable bonds is 3. The van der Waals surface area contributed by atoms with Crippen molar-refractivity contribution in [2.75, 3.05) is 38.0 Å². The van der Waals surface area contributed by atoms with Crippen LogP contribution in [0.5, 0.6) is 0 Å². The molecular formula is C15H22N4. The normalized spacial score (nSPS) is 10.8. The van der Waals surface area contributed by atoms with Crippen molar-refractivity contribution in [3.8, 4) is 0 Å². The molecule has 0 saturated heterocycles. The summed E-state index contributed by atoms with van der Waals surface area (Å²) in [6.45, 7) is 2.56. The second-order valence-electron chi connectivity index (χ2n) is 5.23. The highest BCUT2D eigenvalue weighted by molar-refractivity contribution is 5.95. The molecule has 102 valence electrons. The van der Waals surface area contributed by atoms with Crippen LogP contribution in [0.15, 0.2) is 18.2 Å². The van der Waals surface area contributed by atoms with Gasteiger partial charge < -0.3 is 15.5 Å². The average molecular weight is 258 g/mol. The smallest absolute Gasteiger partial charge is 0.0728 e. The molecule has 4 heteroatoms. The zero-order valence-corrected chi connectivity index (χ0v) is 12.4. The Morgan fingerprint density at radius 2 is 1.79 bits per heavy atom. The summed E-state index contributed by atoms with van der Waals surface area (Å²) in [4.78, 5) is 8.91. The Hall–Kier alpha value is -1.81. The summed E-state index contributed by atoms with van der Waals surface area (Å²) < 4.78 is 0. The summed E-state index contributed by atoms with van der Waals surface area (Å²) in [5, 5.41) is 1.17. The van der Waals surface area contributed by atoms with Crippen LogP contribution in [-0.2, 0) is 6.54 Å². The summed E-state index contributed by atoms with van der Waals surface area (Å²) in [7, 11) is 8.21. The van der Waals surface area contributed by atoms with E-state index in [0.29, 0.717) is 6.54 Å². The lowest BCUT2D eigenvalue weighted by molar-refractivity contribution is 0.974. The monoisotopic (exact) mass is 258 g/mol. The van der Waals surface area contributed by atoms with Gasteiger partial charge in [-0.2, -0.15) is 0 Å². The van der Waals surface area contributed by atoms with Crippen molar-refractivity contribution >= 4 is 22.3 Å². The van der Waals surface area contributed by atoms with Gasteiger partial charge in [0.05, 0.1) is 16.9 Å².